The number of halogens is 1. The Hall–Kier alpha value is -2.44. The largest absolute Gasteiger partial charge is 0.350 e. The van der Waals surface area contributed by atoms with Crippen LogP contribution in [-0.4, -0.2) is 19.3 Å². The number of aromatic nitrogens is 1. The molecule has 0 radical (unpaired) electrons. The molecule has 0 spiro atoms. The summed E-state index contributed by atoms with van der Waals surface area (Å²) in [5.41, 5.74) is 2.15. The smallest absolute Gasteiger partial charge is 0.319 e. The Morgan fingerprint density at radius 1 is 1.09 bits per heavy atom. The number of rotatable bonds is 2. The van der Waals surface area contributed by atoms with Crippen molar-refractivity contribution in [2.75, 3.05) is 0 Å². The number of hydrogen-bond acceptors (Lipinski definition) is 3. The number of amides is 1. The van der Waals surface area contributed by atoms with Gasteiger partial charge in [-0.25, -0.2) is 0 Å². The van der Waals surface area contributed by atoms with E-state index in [1.165, 1.54) is 0 Å². The first kappa shape index (κ1) is 14.5. The van der Waals surface area contributed by atoms with Gasteiger partial charge in [-0.3, -0.25) is 4.79 Å². The third-order valence-corrected chi connectivity index (χ3v) is 3.74. The number of benzene rings is 2. The van der Waals surface area contributed by atoms with Gasteiger partial charge < -0.3 is 4.98 Å². The highest BCUT2D eigenvalue weighted by atomic mass is 35.5. The molecule has 1 aromatic heterocycles. The van der Waals surface area contributed by atoms with Crippen molar-refractivity contribution in [1.29, 1.82) is 0 Å². The molecule has 0 saturated heterocycles. The van der Waals surface area contributed by atoms with E-state index in [0.29, 0.717) is 16.1 Å². The first-order chi connectivity index (χ1) is 10.6. The summed E-state index contributed by atoms with van der Waals surface area (Å²) in [4.78, 5) is 15.0. The lowest BCUT2D eigenvalue weighted by atomic mass is 10.0. The number of nitrogens with zero attached hydrogens (tertiary/aromatic N) is 1. The monoisotopic (exact) mass is 332 g/mol. The Morgan fingerprint density at radius 2 is 1.82 bits per heavy atom. The molecular formula is C15H9ClN2O3S. The topological polar surface area (TPSA) is 79.4 Å². The molecule has 0 aliphatic heterocycles. The first-order valence-electron chi connectivity index (χ1n) is 6.28. The van der Waals surface area contributed by atoms with Crippen LogP contribution in [0.25, 0.3) is 22.0 Å². The van der Waals surface area contributed by atoms with Crippen LogP contribution < -0.4 is 0 Å². The summed E-state index contributed by atoms with van der Waals surface area (Å²) in [7, 11) is -2.81. The Kier molecular flexibility index (Phi) is 3.79. The van der Waals surface area contributed by atoms with Crippen LogP contribution >= 0.6 is 11.6 Å². The number of aromatic amines is 1. The van der Waals surface area contributed by atoms with Crippen molar-refractivity contribution in [1.82, 2.24) is 4.98 Å². The van der Waals surface area contributed by atoms with Crippen molar-refractivity contribution in [2.24, 2.45) is 4.36 Å². The second-order valence-electron chi connectivity index (χ2n) is 4.54. The highest BCUT2D eigenvalue weighted by Gasteiger charge is 2.19. The minimum absolute atomic E-state index is 0.118. The summed E-state index contributed by atoms with van der Waals surface area (Å²) < 4.78 is 24.4. The van der Waals surface area contributed by atoms with Crippen LogP contribution in [0.2, 0.25) is 5.02 Å². The van der Waals surface area contributed by atoms with Gasteiger partial charge in [0.15, 0.2) is 0 Å². The maximum absolute atomic E-state index is 12.1. The molecule has 3 aromatic rings. The van der Waals surface area contributed by atoms with Crippen molar-refractivity contribution in [3.63, 3.8) is 0 Å². The number of carbonyl (C=O) groups is 1. The van der Waals surface area contributed by atoms with Gasteiger partial charge in [-0.1, -0.05) is 46.3 Å². The van der Waals surface area contributed by atoms with Gasteiger partial charge in [-0.2, -0.15) is 8.42 Å². The fourth-order valence-electron chi connectivity index (χ4n) is 2.34. The van der Waals surface area contributed by atoms with Crippen molar-refractivity contribution in [2.45, 2.75) is 0 Å². The van der Waals surface area contributed by atoms with E-state index in [4.69, 9.17) is 11.6 Å². The van der Waals surface area contributed by atoms with Gasteiger partial charge in [-0.05, 0) is 23.8 Å². The molecular weight excluding hydrogens is 324 g/mol. The van der Waals surface area contributed by atoms with E-state index in [1.54, 1.807) is 18.2 Å². The molecule has 110 valence electrons. The molecule has 1 heterocycles. The highest BCUT2D eigenvalue weighted by molar-refractivity contribution is 7.62. The molecule has 1 amide bonds. The zero-order chi connectivity index (χ0) is 15.7. The number of carbonyl (C=O) groups excluding carboxylic acids is 1. The average Bonchev–Trinajstić information content (AvgIpc) is 2.86. The summed E-state index contributed by atoms with van der Waals surface area (Å²) in [5.74, 6) is -0.848. The standard InChI is InChI=1S/C15H9ClN2O3S/c16-10-6-7-12-11(8-10)13(9-4-2-1-3-5-9)14(17-12)15(19)18-22(20)21/h1-8,17H. The summed E-state index contributed by atoms with van der Waals surface area (Å²) in [6, 6.07) is 14.3. The van der Waals surface area contributed by atoms with Gasteiger partial charge in [0.1, 0.15) is 5.69 Å². The van der Waals surface area contributed by atoms with Crippen LogP contribution in [0, 0.1) is 0 Å². The maximum atomic E-state index is 12.1. The van der Waals surface area contributed by atoms with Crippen LogP contribution in [0.15, 0.2) is 52.9 Å². The third-order valence-electron chi connectivity index (χ3n) is 3.19. The highest BCUT2D eigenvalue weighted by Crippen LogP contribution is 2.34. The predicted molar refractivity (Wildman–Crippen MR) is 84.4 cm³/mol. The molecule has 7 heteroatoms. The molecule has 22 heavy (non-hydrogen) atoms. The molecule has 0 aliphatic carbocycles. The van der Waals surface area contributed by atoms with Crippen molar-refractivity contribution < 1.29 is 13.2 Å². The van der Waals surface area contributed by atoms with Gasteiger partial charge in [0.25, 0.3) is 0 Å². The molecule has 0 aliphatic rings. The Bertz CT molecular complexity index is 1000. The zero-order valence-electron chi connectivity index (χ0n) is 11.1. The van der Waals surface area contributed by atoms with Gasteiger partial charge in [0, 0.05) is 21.5 Å². The van der Waals surface area contributed by atoms with Gasteiger partial charge in [-0.15, -0.1) is 0 Å². The van der Waals surface area contributed by atoms with E-state index in [1.807, 2.05) is 30.3 Å². The van der Waals surface area contributed by atoms with Crippen molar-refractivity contribution >= 4 is 38.9 Å². The molecule has 1 N–H and O–H groups in total. The summed E-state index contributed by atoms with van der Waals surface area (Å²) in [6.45, 7) is 0. The second-order valence-corrected chi connectivity index (χ2v) is 5.60. The van der Waals surface area contributed by atoms with Gasteiger partial charge >= 0.3 is 16.4 Å². The number of fused-ring (bicyclic) bond motifs is 1. The fraction of sp³-hybridized carbons (Fsp3) is 0. The molecule has 0 fully saturated rings. The van der Waals surface area contributed by atoms with Crippen LogP contribution in [0.5, 0.6) is 0 Å². The second kappa shape index (κ2) is 5.75. The SMILES string of the molecule is O=C(N=S(=O)=O)c1[nH]c2ccc(Cl)cc2c1-c1ccccc1. The number of H-pyrrole nitrogens is 1. The lowest BCUT2D eigenvalue weighted by Crippen LogP contribution is -1.97. The van der Waals surface area contributed by atoms with Gasteiger partial charge in [0.05, 0.1) is 0 Å². The number of nitrogens with one attached hydrogen (secondary N) is 1. The van der Waals surface area contributed by atoms with Gasteiger partial charge in [0.2, 0.25) is 0 Å². The Labute approximate surface area is 132 Å². The van der Waals surface area contributed by atoms with E-state index in [2.05, 4.69) is 9.35 Å². The quantitative estimate of drug-likeness (QED) is 0.777. The van der Waals surface area contributed by atoms with E-state index < -0.39 is 16.4 Å². The number of hydrogen-bond donors (Lipinski definition) is 1. The van der Waals surface area contributed by atoms with Crippen LogP contribution in [0.1, 0.15) is 10.5 Å². The van der Waals surface area contributed by atoms with Crippen molar-refractivity contribution in [3.05, 3.63) is 59.2 Å². The third kappa shape index (κ3) is 2.66. The minimum Gasteiger partial charge on any atom is -0.350 e. The fourth-order valence-corrected chi connectivity index (χ4v) is 2.74. The summed E-state index contributed by atoms with van der Waals surface area (Å²) in [5, 5.41) is 1.25. The molecule has 0 unspecified atom stereocenters. The zero-order valence-corrected chi connectivity index (χ0v) is 12.6. The van der Waals surface area contributed by atoms with Crippen LogP contribution in [-0.2, 0) is 10.5 Å². The summed E-state index contributed by atoms with van der Waals surface area (Å²) >= 11 is 6.03. The lowest BCUT2D eigenvalue weighted by Gasteiger charge is -2.02. The predicted octanol–water partition coefficient (Wildman–Crippen LogP) is 3.69. The van der Waals surface area contributed by atoms with E-state index >= 15 is 0 Å². The molecule has 2 aromatic carbocycles. The van der Waals surface area contributed by atoms with E-state index in [0.717, 1.165) is 10.9 Å². The molecule has 0 bridgehead atoms. The van der Waals surface area contributed by atoms with E-state index in [9.17, 15) is 13.2 Å². The average molecular weight is 333 g/mol. The first-order valence-corrected chi connectivity index (χ1v) is 7.69. The maximum Gasteiger partial charge on any atom is 0.319 e. The minimum atomic E-state index is -2.81. The molecule has 3 rings (SSSR count). The van der Waals surface area contributed by atoms with Crippen LogP contribution in [0.4, 0.5) is 0 Å². The van der Waals surface area contributed by atoms with E-state index in [-0.39, 0.29) is 5.69 Å². The Morgan fingerprint density at radius 3 is 2.50 bits per heavy atom. The van der Waals surface area contributed by atoms with Crippen LogP contribution in [0.3, 0.4) is 0 Å². The summed E-state index contributed by atoms with van der Waals surface area (Å²) in [6.07, 6.45) is 0. The lowest BCUT2D eigenvalue weighted by molar-refractivity contribution is 0.100. The normalized spacial score (nSPS) is 10.6. The molecule has 5 nitrogen and oxygen atoms in total. The van der Waals surface area contributed by atoms with Crippen molar-refractivity contribution in [3.8, 4) is 11.1 Å². The molecule has 0 saturated carbocycles. The molecule has 0 atom stereocenters. The Balaban J connectivity index is 2.37.